The van der Waals surface area contributed by atoms with Gasteiger partial charge in [0, 0.05) is 29.3 Å². The maximum atomic E-state index is 4.52. The third-order valence-electron chi connectivity index (χ3n) is 5.04. The SMILES string of the molecule is CN1C2CCC1CC(CNc1nc3ccc(Br)cn3n1)C2. The normalized spacial score (nSPS) is 29.1. The smallest absolute Gasteiger partial charge is 0.243 e. The lowest BCUT2D eigenvalue weighted by Gasteiger charge is -2.36. The number of pyridine rings is 1. The van der Waals surface area contributed by atoms with Gasteiger partial charge in [0.05, 0.1) is 0 Å². The van der Waals surface area contributed by atoms with Crippen molar-refractivity contribution in [2.45, 2.75) is 37.8 Å². The van der Waals surface area contributed by atoms with Crippen molar-refractivity contribution in [3.63, 3.8) is 0 Å². The van der Waals surface area contributed by atoms with Crippen LogP contribution >= 0.6 is 15.9 Å². The second-order valence-corrected chi connectivity index (χ2v) is 7.27. The van der Waals surface area contributed by atoms with Crippen molar-refractivity contribution in [1.29, 1.82) is 0 Å². The molecular weight excluding hydrogens is 330 g/mol. The molecule has 2 fully saturated rings. The maximum absolute atomic E-state index is 4.52. The summed E-state index contributed by atoms with van der Waals surface area (Å²) in [6.07, 6.45) is 7.29. The molecule has 21 heavy (non-hydrogen) atoms. The summed E-state index contributed by atoms with van der Waals surface area (Å²) in [6, 6.07) is 5.54. The zero-order chi connectivity index (χ0) is 14.4. The van der Waals surface area contributed by atoms with Gasteiger partial charge in [0.25, 0.3) is 0 Å². The van der Waals surface area contributed by atoms with Crippen LogP contribution in [0.5, 0.6) is 0 Å². The summed E-state index contributed by atoms with van der Waals surface area (Å²) in [7, 11) is 2.29. The predicted octanol–water partition coefficient (Wildman–Crippen LogP) is 2.78. The second-order valence-electron chi connectivity index (χ2n) is 6.35. The molecule has 2 aromatic heterocycles. The second kappa shape index (κ2) is 5.25. The van der Waals surface area contributed by atoms with Crippen molar-refractivity contribution in [2.24, 2.45) is 5.92 Å². The van der Waals surface area contributed by atoms with Crippen LogP contribution in [0.3, 0.4) is 0 Å². The van der Waals surface area contributed by atoms with Crippen molar-refractivity contribution in [3.05, 3.63) is 22.8 Å². The monoisotopic (exact) mass is 349 g/mol. The Balaban J connectivity index is 1.42. The van der Waals surface area contributed by atoms with Gasteiger partial charge in [-0.3, -0.25) is 0 Å². The van der Waals surface area contributed by atoms with Crippen molar-refractivity contribution in [3.8, 4) is 0 Å². The molecule has 0 radical (unpaired) electrons. The number of nitrogens with zero attached hydrogens (tertiary/aromatic N) is 4. The topological polar surface area (TPSA) is 45.5 Å². The summed E-state index contributed by atoms with van der Waals surface area (Å²) in [5.41, 5.74) is 0.879. The summed E-state index contributed by atoms with van der Waals surface area (Å²) >= 11 is 3.46. The lowest BCUT2D eigenvalue weighted by atomic mass is 9.91. The Bertz CT molecular complexity index is 641. The van der Waals surface area contributed by atoms with Crippen LogP contribution in [0, 0.1) is 5.92 Å². The molecule has 2 atom stereocenters. The van der Waals surface area contributed by atoms with E-state index >= 15 is 0 Å². The standard InChI is InChI=1S/C15H20BrN5/c1-20-12-3-4-13(20)7-10(6-12)8-17-15-18-14-5-2-11(16)9-21(14)19-15/h2,5,9-10,12-13H,3-4,6-8H2,1H3,(H,17,19). The van der Waals surface area contributed by atoms with Gasteiger partial charge < -0.3 is 10.2 Å². The number of hydrogen-bond acceptors (Lipinski definition) is 4. The number of piperidine rings is 1. The van der Waals surface area contributed by atoms with Gasteiger partial charge in [-0.2, -0.15) is 4.98 Å². The predicted molar refractivity (Wildman–Crippen MR) is 86.5 cm³/mol. The van der Waals surface area contributed by atoms with Crippen LogP contribution in [-0.2, 0) is 0 Å². The molecule has 2 aliphatic heterocycles. The molecule has 0 spiro atoms. The van der Waals surface area contributed by atoms with E-state index < -0.39 is 0 Å². The molecule has 2 bridgehead atoms. The molecule has 2 aromatic rings. The van der Waals surface area contributed by atoms with Crippen LogP contribution in [0.15, 0.2) is 22.8 Å². The molecular formula is C15H20BrN5. The quantitative estimate of drug-likeness (QED) is 0.925. The first-order chi connectivity index (χ1) is 10.2. The third kappa shape index (κ3) is 2.55. The van der Waals surface area contributed by atoms with Gasteiger partial charge in [-0.1, -0.05) is 0 Å². The molecule has 2 unspecified atom stereocenters. The van der Waals surface area contributed by atoms with E-state index in [1.54, 1.807) is 0 Å². The van der Waals surface area contributed by atoms with Crippen molar-refractivity contribution < 1.29 is 0 Å². The van der Waals surface area contributed by atoms with Crippen LogP contribution in [0.1, 0.15) is 25.7 Å². The highest BCUT2D eigenvalue weighted by atomic mass is 79.9. The Kier molecular flexibility index (Phi) is 3.38. The van der Waals surface area contributed by atoms with Gasteiger partial charge >= 0.3 is 0 Å². The first-order valence-electron chi connectivity index (χ1n) is 7.67. The average Bonchev–Trinajstić information content (AvgIpc) is 2.93. The third-order valence-corrected chi connectivity index (χ3v) is 5.51. The van der Waals surface area contributed by atoms with E-state index in [0.29, 0.717) is 0 Å². The number of rotatable bonds is 3. The van der Waals surface area contributed by atoms with Gasteiger partial charge in [-0.15, -0.1) is 5.10 Å². The van der Waals surface area contributed by atoms with E-state index in [1.165, 1.54) is 25.7 Å². The fourth-order valence-corrected chi connectivity index (χ4v) is 4.19. The molecule has 112 valence electrons. The van der Waals surface area contributed by atoms with Gasteiger partial charge in [0.1, 0.15) is 0 Å². The summed E-state index contributed by atoms with van der Waals surface area (Å²) in [5.74, 6) is 1.48. The van der Waals surface area contributed by atoms with E-state index in [1.807, 2.05) is 22.8 Å². The number of halogens is 1. The van der Waals surface area contributed by atoms with E-state index in [9.17, 15) is 0 Å². The minimum Gasteiger partial charge on any atom is -0.353 e. The van der Waals surface area contributed by atoms with E-state index in [4.69, 9.17) is 0 Å². The summed E-state index contributed by atoms with van der Waals surface area (Å²) < 4.78 is 2.82. The summed E-state index contributed by atoms with van der Waals surface area (Å²) in [5, 5.41) is 7.91. The minimum absolute atomic E-state index is 0.736. The highest BCUT2D eigenvalue weighted by Crippen LogP contribution is 2.37. The summed E-state index contributed by atoms with van der Waals surface area (Å²) in [6.45, 7) is 0.985. The molecule has 2 saturated heterocycles. The van der Waals surface area contributed by atoms with Crippen LogP contribution in [0.25, 0.3) is 5.65 Å². The van der Waals surface area contributed by atoms with Crippen molar-refractivity contribution in [2.75, 3.05) is 18.9 Å². The zero-order valence-electron chi connectivity index (χ0n) is 12.2. The molecule has 6 heteroatoms. The molecule has 5 nitrogen and oxygen atoms in total. The fraction of sp³-hybridized carbons (Fsp3) is 0.600. The number of aromatic nitrogens is 3. The molecule has 0 amide bonds. The zero-order valence-corrected chi connectivity index (χ0v) is 13.8. The highest BCUT2D eigenvalue weighted by molar-refractivity contribution is 9.10. The Labute approximate surface area is 132 Å². The molecule has 4 rings (SSSR count). The van der Waals surface area contributed by atoms with Crippen LogP contribution in [0.2, 0.25) is 0 Å². The minimum atomic E-state index is 0.736. The molecule has 2 aliphatic rings. The first kappa shape index (κ1) is 13.5. The average molecular weight is 350 g/mol. The Morgan fingerprint density at radius 2 is 2.05 bits per heavy atom. The van der Waals surface area contributed by atoms with Crippen LogP contribution in [-0.4, -0.2) is 45.2 Å². The number of anilines is 1. The highest BCUT2D eigenvalue weighted by Gasteiger charge is 2.38. The maximum Gasteiger partial charge on any atom is 0.243 e. The van der Waals surface area contributed by atoms with Gasteiger partial charge in [0.2, 0.25) is 5.95 Å². The van der Waals surface area contributed by atoms with E-state index in [2.05, 4.69) is 43.3 Å². The van der Waals surface area contributed by atoms with Crippen LogP contribution in [0.4, 0.5) is 5.95 Å². The van der Waals surface area contributed by atoms with E-state index in [0.717, 1.165) is 40.6 Å². The summed E-state index contributed by atoms with van der Waals surface area (Å²) in [4.78, 5) is 7.10. The largest absolute Gasteiger partial charge is 0.353 e. The van der Waals surface area contributed by atoms with Crippen molar-refractivity contribution >= 4 is 27.5 Å². The Hall–Kier alpha value is -1.14. The Morgan fingerprint density at radius 1 is 1.29 bits per heavy atom. The molecule has 1 N–H and O–H groups in total. The molecule has 0 aromatic carbocycles. The lowest BCUT2D eigenvalue weighted by Crippen LogP contribution is -2.41. The van der Waals surface area contributed by atoms with Crippen LogP contribution < -0.4 is 5.32 Å². The lowest BCUT2D eigenvalue weighted by molar-refractivity contribution is 0.139. The first-order valence-corrected chi connectivity index (χ1v) is 8.46. The number of nitrogens with one attached hydrogen (secondary N) is 1. The number of hydrogen-bond donors (Lipinski definition) is 1. The van der Waals surface area contributed by atoms with Crippen molar-refractivity contribution in [1.82, 2.24) is 19.5 Å². The fourth-order valence-electron chi connectivity index (χ4n) is 3.86. The Morgan fingerprint density at radius 3 is 2.81 bits per heavy atom. The van der Waals surface area contributed by atoms with Gasteiger partial charge in [0.15, 0.2) is 5.65 Å². The van der Waals surface area contributed by atoms with Gasteiger partial charge in [-0.05, 0) is 66.7 Å². The van der Waals surface area contributed by atoms with Gasteiger partial charge in [-0.25, -0.2) is 4.52 Å². The molecule has 0 saturated carbocycles. The molecule has 0 aliphatic carbocycles. The van der Waals surface area contributed by atoms with E-state index in [-0.39, 0.29) is 0 Å². The molecule has 4 heterocycles. The number of fused-ring (bicyclic) bond motifs is 3.